The number of benzene rings is 2. The van der Waals surface area contributed by atoms with Crippen LogP contribution in [-0.4, -0.2) is 35.9 Å². The number of para-hydroxylation sites is 1. The number of ether oxygens (including phenoxy) is 2. The number of thioether (sulfide) groups is 1. The van der Waals surface area contributed by atoms with Crippen molar-refractivity contribution in [1.29, 1.82) is 0 Å². The zero-order valence-electron chi connectivity index (χ0n) is 14.0. The number of hydrogen-bond donors (Lipinski definition) is 0. The second-order valence-electron chi connectivity index (χ2n) is 5.72. The first-order valence-corrected chi connectivity index (χ1v) is 9.22. The third-order valence-electron chi connectivity index (χ3n) is 4.18. The largest absolute Gasteiger partial charge is 0.497 e. The molecular formula is C19H19N3O2S. The summed E-state index contributed by atoms with van der Waals surface area (Å²) in [6.45, 7) is 0.611. The van der Waals surface area contributed by atoms with Gasteiger partial charge in [0.1, 0.15) is 11.5 Å². The maximum absolute atomic E-state index is 5.79. The molecule has 0 fully saturated rings. The van der Waals surface area contributed by atoms with Crippen LogP contribution in [0.15, 0.2) is 58.6 Å². The lowest BCUT2D eigenvalue weighted by Gasteiger charge is -2.29. The lowest BCUT2D eigenvalue weighted by molar-refractivity contribution is 0.342. The zero-order chi connectivity index (χ0) is 17.1. The number of fused-ring (bicyclic) bond motifs is 3. The first-order chi connectivity index (χ1) is 12.3. The van der Waals surface area contributed by atoms with E-state index >= 15 is 0 Å². The minimum absolute atomic E-state index is 0.277. The van der Waals surface area contributed by atoms with E-state index in [1.165, 1.54) is 5.56 Å². The summed E-state index contributed by atoms with van der Waals surface area (Å²) in [6.07, 6.45) is 2.90. The summed E-state index contributed by atoms with van der Waals surface area (Å²) in [6, 6.07) is 16.2. The molecule has 2 aliphatic rings. The molecule has 0 amide bonds. The first-order valence-electron chi connectivity index (χ1n) is 8.24. The number of methoxy groups -OCH3 is 1. The van der Waals surface area contributed by atoms with Gasteiger partial charge in [0.25, 0.3) is 0 Å². The molecular weight excluding hydrogens is 334 g/mol. The molecule has 1 atom stereocenters. The van der Waals surface area contributed by atoms with Gasteiger partial charge in [-0.15, -0.1) is 0 Å². The average Bonchev–Trinajstić information content (AvgIpc) is 3.16. The van der Waals surface area contributed by atoms with Gasteiger partial charge in [0.05, 0.1) is 25.4 Å². The van der Waals surface area contributed by atoms with E-state index in [-0.39, 0.29) is 6.04 Å². The third kappa shape index (κ3) is 3.35. The van der Waals surface area contributed by atoms with E-state index in [0.29, 0.717) is 6.61 Å². The molecule has 2 aromatic carbocycles. The van der Waals surface area contributed by atoms with Gasteiger partial charge in [-0.3, -0.25) is 0 Å². The second-order valence-corrected chi connectivity index (χ2v) is 6.78. The van der Waals surface area contributed by atoms with Crippen LogP contribution in [-0.2, 0) is 0 Å². The standard InChI is InChI=1S/C19H19N3O2S/c1-23-14-6-8-15(9-7-14)24-12-13-25-19-21-17-5-3-2-4-16(17)18-10-11-20-22(18)19/h2-9,11,18H,10,12-13H2,1H3/t18-/m1/s1. The van der Waals surface area contributed by atoms with Gasteiger partial charge in [0.15, 0.2) is 5.17 Å². The van der Waals surface area contributed by atoms with Crippen molar-refractivity contribution in [2.75, 3.05) is 19.5 Å². The second kappa shape index (κ2) is 7.19. The van der Waals surface area contributed by atoms with E-state index < -0.39 is 0 Å². The van der Waals surface area contributed by atoms with Crippen LogP contribution >= 0.6 is 11.8 Å². The lowest BCUT2D eigenvalue weighted by atomic mass is 10.0. The zero-order valence-corrected chi connectivity index (χ0v) is 14.8. The summed E-state index contributed by atoms with van der Waals surface area (Å²) in [4.78, 5) is 4.77. The quantitative estimate of drug-likeness (QED) is 0.754. The van der Waals surface area contributed by atoms with Crippen molar-refractivity contribution >= 4 is 28.8 Å². The van der Waals surface area contributed by atoms with Gasteiger partial charge in [0.2, 0.25) is 0 Å². The Bertz CT molecular complexity index is 805. The Morgan fingerprint density at radius 2 is 1.92 bits per heavy atom. The fraction of sp³-hybridized carbons (Fsp3) is 0.263. The fourth-order valence-corrected chi connectivity index (χ4v) is 3.76. The highest BCUT2D eigenvalue weighted by molar-refractivity contribution is 8.13. The SMILES string of the molecule is COc1ccc(OCCSC2=Nc3ccccc3[C@H]3CC=NN23)cc1. The number of rotatable bonds is 5. The van der Waals surface area contributed by atoms with E-state index in [4.69, 9.17) is 14.5 Å². The third-order valence-corrected chi connectivity index (χ3v) is 5.09. The van der Waals surface area contributed by atoms with Gasteiger partial charge in [-0.25, -0.2) is 10.0 Å². The van der Waals surface area contributed by atoms with Crippen LogP contribution in [0.5, 0.6) is 11.5 Å². The molecule has 0 radical (unpaired) electrons. The normalized spacial score (nSPS) is 17.7. The van der Waals surface area contributed by atoms with Crippen LogP contribution in [0.3, 0.4) is 0 Å². The van der Waals surface area contributed by atoms with E-state index in [1.807, 2.05) is 41.6 Å². The number of aliphatic imine (C=N–C) groups is 1. The Kier molecular flexibility index (Phi) is 4.61. The molecule has 4 rings (SSSR count). The molecule has 0 saturated heterocycles. The molecule has 128 valence electrons. The number of hydrogen-bond acceptors (Lipinski definition) is 6. The van der Waals surface area contributed by atoms with Crippen molar-refractivity contribution in [1.82, 2.24) is 5.01 Å². The van der Waals surface area contributed by atoms with Gasteiger partial charge in [-0.05, 0) is 30.3 Å². The Morgan fingerprint density at radius 1 is 1.12 bits per heavy atom. The van der Waals surface area contributed by atoms with Crippen molar-refractivity contribution in [3.63, 3.8) is 0 Å². The molecule has 0 aliphatic carbocycles. The topological polar surface area (TPSA) is 46.4 Å². The maximum atomic E-state index is 5.79. The monoisotopic (exact) mass is 353 g/mol. The molecule has 2 heterocycles. The van der Waals surface area contributed by atoms with E-state index in [0.717, 1.165) is 34.5 Å². The summed E-state index contributed by atoms with van der Waals surface area (Å²) in [7, 11) is 1.66. The van der Waals surface area contributed by atoms with E-state index in [9.17, 15) is 0 Å². The fourth-order valence-electron chi connectivity index (χ4n) is 2.94. The van der Waals surface area contributed by atoms with E-state index in [1.54, 1.807) is 18.9 Å². The highest BCUT2D eigenvalue weighted by Crippen LogP contribution is 2.40. The minimum atomic E-state index is 0.277. The summed E-state index contributed by atoms with van der Waals surface area (Å²) < 4.78 is 10.9. The van der Waals surface area contributed by atoms with Gasteiger partial charge in [-0.1, -0.05) is 30.0 Å². The molecule has 25 heavy (non-hydrogen) atoms. The molecule has 5 nitrogen and oxygen atoms in total. The summed E-state index contributed by atoms with van der Waals surface area (Å²) >= 11 is 1.68. The number of amidine groups is 1. The summed E-state index contributed by atoms with van der Waals surface area (Å²) in [5.74, 6) is 2.48. The highest BCUT2D eigenvalue weighted by Gasteiger charge is 2.32. The molecule has 0 unspecified atom stereocenters. The smallest absolute Gasteiger partial charge is 0.185 e. The molecule has 0 N–H and O–H groups in total. The van der Waals surface area contributed by atoms with Crippen LogP contribution < -0.4 is 9.47 Å². The predicted octanol–water partition coefficient (Wildman–Crippen LogP) is 4.24. The molecule has 0 bridgehead atoms. The molecule has 2 aliphatic heterocycles. The average molecular weight is 353 g/mol. The van der Waals surface area contributed by atoms with Crippen molar-refractivity contribution in [2.24, 2.45) is 10.1 Å². The van der Waals surface area contributed by atoms with Gasteiger partial charge in [0, 0.05) is 24.0 Å². The number of nitrogens with zero attached hydrogens (tertiary/aromatic N) is 3. The van der Waals surface area contributed by atoms with Gasteiger partial charge < -0.3 is 9.47 Å². The molecule has 0 saturated carbocycles. The van der Waals surface area contributed by atoms with Crippen molar-refractivity contribution in [3.8, 4) is 11.5 Å². The summed E-state index contributed by atoms with van der Waals surface area (Å²) in [5.41, 5.74) is 2.30. The highest BCUT2D eigenvalue weighted by atomic mass is 32.2. The Balaban J connectivity index is 1.37. The van der Waals surface area contributed by atoms with Crippen molar-refractivity contribution in [2.45, 2.75) is 12.5 Å². The first kappa shape index (κ1) is 16.0. The van der Waals surface area contributed by atoms with Crippen LogP contribution in [0, 0.1) is 0 Å². The van der Waals surface area contributed by atoms with Crippen LogP contribution in [0.1, 0.15) is 18.0 Å². The maximum Gasteiger partial charge on any atom is 0.185 e. The van der Waals surface area contributed by atoms with Crippen molar-refractivity contribution < 1.29 is 9.47 Å². The van der Waals surface area contributed by atoms with Crippen LogP contribution in [0.25, 0.3) is 0 Å². The Hall–Kier alpha value is -2.47. The van der Waals surface area contributed by atoms with Gasteiger partial charge in [-0.2, -0.15) is 5.10 Å². The Labute approximate surface area is 151 Å². The van der Waals surface area contributed by atoms with Crippen LogP contribution in [0.2, 0.25) is 0 Å². The number of hydrazone groups is 1. The minimum Gasteiger partial charge on any atom is -0.497 e. The summed E-state index contributed by atoms with van der Waals surface area (Å²) in [5, 5.41) is 7.46. The van der Waals surface area contributed by atoms with Crippen LogP contribution in [0.4, 0.5) is 5.69 Å². The van der Waals surface area contributed by atoms with Crippen molar-refractivity contribution in [3.05, 3.63) is 54.1 Å². The Morgan fingerprint density at radius 3 is 2.76 bits per heavy atom. The van der Waals surface area contributed by atoms with Gasteiger partial charge >= 0.3 is 0 Å². The van der Waals surface area contributed by atoms with E-state index in [2.05, 4.69) is 23.3 Å². The lowest BCUT2D eigenvalue weighted by Crippen LogP contribution is -2.28. The molecule has 2 aromatic rings. The molecule has 0 aromatic heterocycles. The molecule has 0 spiro atoms. The predicted molar refractivity (Wildman–Crippen MR) is 102 cm³/mol. The molecule has 6 heteroatoms.